The minimum Gasteiger partial charge on any atom is -0.369 e. The molecule has 0 saturated heterocycles. The molecule has 0 atom stereocenters. The maximum atomic E-state index is 4.18. The van der Waals surface area contributed by atoms with Gasteiger partial charge in [0.1, 0.15) is 0 Å². The van der Waals surface area contributed by atoms with Crippen LogP contribution in [-0.4, -0.2) is 12.0 Å². The van der Waals surface area contributed by atoms with Gasteiger partial charge in [0.2, 0.25) is 0 Å². The van der Waals surface area contributed by atoms with Crippen LogP contribution >= 0.6 is 15.9 Å². The smallest absolute Gasteiger partial charge is 0.0564 e. The van der Waals surface area contributed by atoms with Crippen molar-refractivity contribution in [1.29, 1.82) is 0 Å². The number of benzene rings is 1. The van der Waals surface area contributed by atoms with Crippen LogP contribution in [0.15, 0.2) is 47.2 Å². The van der Waals surface area contributed by atoms with Crippen molar-refractivity contribution in [1.82, 2.24) is 4.98 Å². The summed E-state index contributed by atoms with van der Waals surface area (Å²) in [4.78, 5) is 6.36. The molecule has 3 heteroatoms. The Labute approximate surface area is 110 Å². The predicted molar refractivity (Wildman–Crippen MR) is 75.2 cm³/mol. The molecule has 1 aromatic heterocycles. The van der Waals surface area contributed by atoms with Crippen LogP contribution in [-0.2, 0) is 6.54 Å². The Balaban J connectivity index is 2.14. The van der Waals surface area contributed by atoms with Crippen LogP contribution in [0.2, 0.25) is 0 Å². The first-order valence-electron chi connectivity index (χ1n) is 5.52. The second-order valence-corrected chi connectivity index (χ2v) is 5.12. The van der Waals surface area contributed by atoms with Crippen LogP contribution < -0.4 is 4.90 Å². The average molecular weight is 291 g/mol. The molecule has 0 unspecified atom stereocenters. The van der Waals surface area contributed by atoms with Crippen molar-refractivity contribution in [2.45, 2.75) is 13.5 Å². The lowest BCUT2D eigenvalue weighted by atomic mass is 10.1. The summed E-state index contributed by atoms with van der Waals surface area (Å²) < 4.78 is 1.01. The number of nitrogens with zero attached hydrogens (tertiary/aromatic N) is 2. The topological polar surface area (TPSA) is 16.1 Å². The quantitative estimate of drug-likeness (QED) is 0.855. The highest BCUT2D eigenvalue weighted by Crippen LogP contribution is 2.19. The number of halogens is 1. The van der Waals surface area contributed by atoms with E-state index in [4.69, 9.17) is 0 Å². The van der Waals surface area contributed by atoms with Gasteiger partial charge < -0.3 is 4.90 Å². The highest BCUT2D eigenvalue weighted by molar-refractivity contribution is 9.10. The van der Waals surface area contributed by atoms with Crippen LogP contribution in [0.4, 0.5) is 5.69 Å². The summed E-state index contributed by atoms with van der Waals surface area (Å²) in [6.07, 6.45) is 3.67. The molecular formula is C14H15BrN2. The van der Waals surface area contributed by atoms with Gasteiger partial charge in [0.05, 0.1) is 11.9 Å². The molecule has 1 aromatic carbocycles. The summed E-state index contributed by atoms with van der Waals surface area (Å²) in [6.45, 7) is 3.00. The molecule has 0 aliphatic carbocycles. The second kappa shape index (κ2) is 5.32. The predicted octanol–water partition coefficient (Wildman–Crippen LogP) is 3.79. The summed E-state index contributed by atoms with van der Waals surface area (Å²) >= 11 is 3.44. The Morgan fingerprint density at radius 1 is 1.24 bits per heavy atom. The van der Waals surface area contributed by atoms with E-state index in [1.807, 2.05) is 6.20 Å². The molecule has 17 heavy (non-hydrogen) atoms. The van der Waals surface area contributed by atoms with E-state index in [1.54, 1.807) is 6.20 Å². The van der Waals surface area contributed by atoms with E-state index in [1.165, 1.54) is 11.1 Å². The van der Waals surface area contributed by atoms with Gasteiger partial charge >= 0.3 is 0 Å². The van der Waals surface area contributed by atoms with Crippen LogP contribution in [0.3, 0.4) is 0 Å². The molecule has 2 rings (SSSR count). The molecule has 0 amide bonds. The number of anilines is 1. The molecule has 0 aliphatic rings. The molecular weight excluding hydrogens is 276 g/mol. The van der Waals surface area contributed by atoms with Crippen LogP contribution in [0.5, 0.6) is 0 Å². The monoisotopic (exact) mass is 290 g/mol. The first kappa shape index (κ1) is 12.1. The number of hydrogen-bond donors (Lipinski definition) is 0. The zero-order valence-electron chi connectivity index (χ0n) is 10.0. The average Bonchev–Trinajstić information content (AvgIpc) is 2.29. The van der Waals surface area contributed by atoms with Gasteiger partial charge in [-0.25, -0.2) is 0 Å². The lowest BCUT2D eigenvalue weighted by Gasteiger charge is -2.19. The van der Waals surface area contributed by atoms with Gasteiger partial charge in [-0.15, -0.1) is 0 Å². The first-order chi connectivity index (χ1) is 8.15. The summed E-state index contributed by atoms with van der Waals surface area (Å²) in [5.74, 6) is 0. The van der Waals surface area contributed by atoms with Crippen molar-refractivity contribution in [3.8, 4) is 0 Å². The van der Waals surface area contributed by atoms with Crippen LogP contribution in [0.25, 0.3) is 0 Å². The first-order valence-corrected chi connectivity index (χ1v) is 6.32. The molecule has 2 nitrogen and oxygen atoms in total. The zero-order valence-corrected chi connectivity index (χ0v) is 11.6. The summed E-state index contributed by atoms with van der Waals surface area (Å²) in [5, 5.41) is 0. The highest BCUT2D eigenvalue weighted by Gasteiger charge is 2.03. The Morgan fingerprint density at radius 3 is 2.76 bits per heavy atom. The molecule has 0 spiro atoms. The van der Waals surface area contributed by atoms with E-state index >= 15 is 0 Å². The molecule has 1 heterocycles. The lowest BCUT2D eigenvalue weighted by Crippen LogP contribution is -2.16. The third-order valence-corrected chi connectivity index (χ3v) is 3.07. The summed E-state index contributed by atoms with van der Waals surface area (Å²) in [5.41, 5.74) is 3.72. The number of aryl methyl sites for hydroxylation is 1. The van der Waals surface area contributed by atoms with Crippen molar-refractivity contribution < 1.29 is 0 Å². The van der Waals surface area contributed by atoms with E-state index in [0.717, 1.165) is 16.7 Å². The fraction of sp³-hybridized carbons (Fsp3) is 0.214. The normalized spacial score (nSPS) is 10.3. The Kier molecular flexibility index (Phi) is 3.79. The van der Waals surface area contributed by atoms with Gasteiger partial charge in [0.25, 0.3) is 0 Å². The second-order valence-electron chi connectivity index (χ2n) is 4.21. The Hall–Kier alpha value is -1.35. The van der Waals surface area contributed by atoms with Gasteiger partial charge in [-0.2, -0.15) is 0 Å². The number of hydrogen-bond acceptors (Lipinski definition) is 2. The van der Waals surface area contributed by atoms with Gasteiger partial charge in [0, 0.05) is 24.3 Å². The van der Waals surface area contributed by atoms with Crippen molar-refractivity contribution in [2.75, 3.05) is 11.9 Å². The van der Waals surface area contributed by atoms with Gasteiger partial charge in [-0.3, -0.25) is 4.98 Å². The van der Waals surface area contributed by atoms with Crippen LogP contribution in [0.1, 0.15) is 11.1 Å². The van der Waals surface area contributed by atoms with Crippen molar-refractivity contribution in [2.24, 2.45) is 0 Å². The van der Waals surface area contributed by atoms with Crippen molar-refractivity contribution in [3.05, 3.63) is 58.3 Å². The standard InChI is InChI=1S/C14H15BrN2/c1-11-4-3-5-12(6-11)10-17(2)14-7-13(15)8-16-9-14/h3-9H,10H2,1-2H3. The molecule has 88 valence electrons. The van der Waals surface area contributed by atoms with Crippen LogP contribution in [0, 0.1) is 6.92 Å². The molecule has 0 aliphatic heterocycles. The largest absolute Gasteiger partial charge is 0.369 e. The molecule has 0 saturated carbocycles. The van der Waals surface area contributed by atoms with Crippen molar-refractivity contribution in [3.63, 3.8) is 0 Å². The van der Waals surface area contributed by atoms with Gasteiger partial charge in [-0.1, -0.05) is 29.8 Å². The molecule has 0 radical (unpaired) electrons. The number of aromatic nitrogens is 1. The van der Waals surface area contributed by atoms with Gasteiger partial charge in [0.15, 0.2) is 0 Å². The highest BCUT2D eigenvalue weighted by atomic mass is 79.9. The minimum absolute atomic E-state index is 0.889. The third kappa shape index (κ3) is 3.30. The van der Waals surface area contributed by atoms with E-state index in [-0.39, 0.29) is 0 Å². The molecule has 0 N–H and O–H groups in total. The van der Waals surface area contributed by atoms with Gasteiger partial charge in [-0.05, 0) is 34.5 Å². The van der Waals surface area contributed by atoms with E-state index in [2.05, 4.69) is 70.1 Å². The fourth-order valence-corrected chi connectivity index (χ4v) is 2.14. The lowest BCUT2D eigenvalue weighted by molar-refractivity contribution is 0.915. The maximum absolute atomic E-state index is 4.18. The molecule has 2 aromatic rings. The SMILES string of the molecule is Cc1cccc(CN(C)c2cncc(Br)c2)c1. The Morgan fingerprint density at radius 2 is 2.06 bits per heavy atom. The fourth-order valence-electron chi connectivity index (χ4n) is 1.79. The summed E-state index contributed by atoms with van der Waals surface area (Å²) in [6, 6.07) is 10.6. The summed E-state index contributed by atoms with van der Waals surface area (Å²) in [7, 11) is 2.08. The van der Waals surface area contributed by atoms with Crippen molar-refractivity contribution >= 4 is 21.6 Å². The minimum atomic E-state index is 0.889. The van der Waals surface area contributed by atoms with E-state index in [0.29, 0.717) is 0 Å². The molecule has 0 bridgehead atoms. The number of pyridine rings is 1. The maximum Gasteiger partial charge on any atom is 0.0564 e. The zero-order chi connectivity index (χ0) is 12.3. The van der Waals surface area contributed by atoms with E-state index in [9.17, 15) is 0 Å². The number of rotatable bonds is 3. The third-order valence-electron chi connectivity index (χ3n) is 2.63. The van der Waals surface area contributed by atoms with E-state index < -0.39 is 0 Å². The Bertz CT molecular complexity index is 511. The molecule has 0 fully saturated rings.